The third-order valence-corrected chi connectivity index (χ3v) is 5.32. The predicted octanol–water partition coefficient (Wildman–Crippen LogP) is 4.95. The summed E-state index contributed by atoms with van der Waals surface area (Å²) in [6.45, 7) is 4.97. The molecule has 0 saturated carbocycles. The van der Waals surface area contributed by atoms with E-state index in [1.54, 1.807) is 32.0 Å². The molecule has 0 bridgehead atoms. The second-order valence-corrected chi connectivity index (χ2v) is 7.91. The van der Waals surface area contributed by atoms with Crippen molar-refractivity contribution in [2.75, 3.05) is 12.4 Å². The molecule has 1 atom stereocenters. The Bertz CT molecular complexity index is 1320. The van der Waals surface area contributed by atoms with Gasteiger partial charge in [0.2, 0.25) is 5.89 Å². The smallest absolute Gasteiger partial charge is 0.409 e. The SMILES string of the molecule is COc1ccc(-c2c(C)nn3c(N[C@@H](Cc4nc(C)no4)C(F)(F)F)cc(C)nc23)c(Cl)c1. The van der Waals surface area contributed by atoms with E-state index in [4.69, 9.17) is 20.9 Å². The van der Waals surface area contributed by atoms with Crippen LogP contribution in [0.25, 0.3) is 16.8 Å². The van der Waals surface area contributed by atoms with Crippen LogP contribution in [-0.4, -0.2) is 44.1 Å². The molecule has 0 spiro atoms. The van der Waals surface area contributed by atoms with Gasteiger partial charge in [0, 0.05) is 17.3 Å². The van der Waals surface area contributed by atoms with Crippen LogP contribution in [0.2, 0.25) is 5.02 Å². The summed E-state index contributed by atoms with van der Waals surface area (Å²) in [6.07, 6.45) is -5.12. The number of aromatic nitrogens is 5. The van der Waals surface area contributed by atoms with Crippen LogP contribution in [0.3, 0.4) is 0 Å². The molecule has 3 heterocycles. The van der Waals surface area contributed by atoms with Crippen LogP contribution in [0.4, 0.5) is 19.0 Å². The van der Waals surface area contributed by atoms with Crippen molar-refractivity contribution >= 4 is 23.1 Å². The van der Waals surface area contributed by atoms with Gasteiger partial charge in [0.05, 0.1) is 29.8 Å². The number of benzene rings is 1. The highest BCUT2D eigenvalue weighted by Gasteiger charge is 2.41. The van der Waals surface area contributed by atoms with Crippen molar-refractivity contribution in [3.05, 3.63) is 52.4 Å². The number of nitrogens with one attached hydrogen (secondary N) is 1. The normalized spacial score (nSPS) is 12.8. The Morgan fingerprint density at radius 3 is 2.55 bits per heavy atom. The minimum Gasteiger partial charge on any atom is -0.497 e. The molecule has 0 aliphatic heterocycles. The van der Waals surface area contributed by atoms with Crippen LogP contribution in [0.15, 0.2) is 28.8 Å². The van der Waals surface area contributed by atoms with Crippen molar-refractivity contribution in [2.24, 2.45) is 0 Å². The minimum absolute atomic E-state index is 0.119. The summed E-state index contributed by atoms with van der Waals surface area (Å²) in [5, 5.41) is 11.0. The lowest BCUT2D eigenvalue weighted by molar-refractivity contribution is -0.143. The Hall–Kier alpha value is -3.34. The first kappa shape index (κ1) is 22.8. The second-order valence-electron chi connectivity index (χ2n) is 7.50. The fourth-order valence-electron chi connectivity index (χ4n) is 3.51. The number of hydrogen-bond donors (Lipinski definition) is 1. The quantitative estimate of drug-likeness (QED) is 0.417. The molecule has 0 unspecified atom stereocenters. The molecule has 4 aromatic rings. The van der Waals surface area contributed by atoms with Crippen molar-refractivity contribution in [1.29, 1.82) is 0 Å². The maximum absolute atomic E-state index is 13.8. The van der Waals surface area contributed by atoms with Crippen molar-refractivity contribution in [3.63, 3.8) is 0 Å². The number of anilines is 1. The van der Waals surface area contributed by atoms with E-state index in [9.17, 15) is 13.2 Å². The fraction of sp³-hybridized carbons (Fsp3) is 0.333. The number of aryl methyl sites for hydroxylation is 3. The molecule has 0 aliphatic carbocycles. The number of halogens is 4. The van der Waals surface area contributed by atoms with E-state index in [0.29, 0.717) is 38.9 Å². The van der Waals surface area contributed by atoms with Gasteiger partial charge in [-0.05, 0) is 39.0 Å². The van der Waals surface area contributed by atoms with Gasteiger partial charge in [-0.1, -0.05) is 16.8 Å². The Labute approximate surface area is 191 Å². The standard InChI is InChI=1S/C21H20ClF3N6O2/c1-10-7-17(28-16(21(23,24)25)9-18-27-12(3)30-33-18)31-20(26-10)19(11(2)29-31)14-6-5-13(32-4)8-15(14)22/h5-8,16,28H,9H2,1-4H3/t16-/m0/s1. The highest BCUT2D eigenvalue weighted by molar-refractivity contribution is 6.33. The lowest BCUT2D eigenvalue weighted by atomic mass is 10.1. The van der Waals surface area contributed by atoms with Gasteiger partial charge in [0.25, 0.3) is 0 Å². The minimum atomic E-state index is -4.59. The molecule has 8 nitrogen and oxygen atoms in total. The molecule has 33 heavy (non-hydrogen) atoms. The summed E-state index contributed by atoms with van der Waals surface area (Å²) >= 11 is 6.46. The largest absolute Gasteiger partial charge is 0.497 e. The van der Waals surface area contributed by atoms with Gasteiger partial charge in [-0.15, -0.1) is 0 Å². The first-order valence-corrected chi connectivity index (χ1v) is 10.3. The molecule has 174 valence electrons. The van der Waals surface area contributed by atoms with Gasteiger partial charge in [-0.2, -0.15) is 27.8 Å². The number of rotatable bonds is 6. The molecule has 0 radical (unpaired) electrons. The maximum atomic E-state index is 13.8. The molecular formula is C21H20ClF3N6O2. The van der Waals surface area contributed by atoms with Crippen LogP contribution >= 0.6 is 11.6 Å². The monoisotopic (exact) mass is 480 g/mol. The number of ether oxygens (including phenoxy) is 1. The van der Waals surface area contributed by atoms with Gasteiger partial charge in [0.15, 0.2) is 11.5 Å². The Kier molecular flexibility index (Phi) is 5.91. The lowest BCUT2D eigenvalue weighted by Crippen LogP contribution is -2.39. The van der Waals surface area contributed by atoms with Gasteiger partial charge >= 0.3 is 6.18 Å². The summed E-state index contributed by atoms with van der Waals surface area (Å²) < 4.78 is 53.0. The average Bonchev–Trinajstić information content (AvgIpc) is 3.29. The predicted molar refractivity (Wildman–Crippen MR) is 116 cm³/mol. The van der Waals surface area contributed by atoms with Crippen LogP contribution in [-0.2, 0) is 6.42 Å². The Morgan fingerprint density at radius 1 is 1.18 bits per heavy atom. The summed E-state index contributed by atoms with van der Waals surface area (Å²) in [5.41, 5.74) is 2.69. The molecule has 1 aromatic carbocycles. The number of nitrogens with zero attached hydrogens (tertiary/aromatic N) is 5. The first-order chi connectivity index (χ1) is 15.6. The Morgan fingerprint density at radius 2 is 1.94 bits per heavy atom. The van der Waals surface area contributed by atoms with E-state index < -0.39 is 18.6 Å². The summed E-state index contributed by atoms with van der Waals surface area (Å²) in [7, 11) is 1.53. The third kappa shape index (κ3) is 4.58. The third-order valence-electron chi connectivity index (χ3n) is 5.00. The van der Waals surface area contributed by atoms with Crippen molar-refractivity contribution in [3.8, 4) is 16.9 Å². The topological polar surface area (TPSA) is 90.4 Å². The van der Waals surface area contributed by atoms with E-state index in [-0.39, 0.29) is 17.5 Å². The highest BCUT2D eigenvalue weighted by Crippen LogP contribution is 2.36. The molecule has 0 saturated heterocycles. The number of fused-ring (bicyclic) bond motifs is 1. The molecule has 0 aliphatic rings. The van der Waals surface area contributed by atoms with Crippen molar-refractivity contribution in [2.45, 2.75) is 39.4 Å². The van der Waals surface area contributed by atoms with Gasteiger partial charge in [-0.3, -0.25) is 0 Å². The number of methoxy groups -OCH3 is 1. The lowest BCUT2D eigenvalue weighted by Gasteiger charge is -2.21. The highest BCUT2D eigenvalue weighted by atomic mass is 35.5. The Balaban J connectivity index is 1.79. The molecule has 1 N–H and O–H groups in total. The van der Waals surface area contributed by atoms with E-state index in [1.165, 1.54) is 24.6 Å². The maximum Gasteiger partial charge on any atom is 0.409 e. The van der Waals surface area contributed by atoms with Crippen molar-refractivity contribution < 1.29 is 22.4 Å². The van der Waals surface area contributed by atoms with Crippen LogP contribution in [0.5, 0.6) is 5.75 Å². The molecule has 4 rings (SSSR count). The van der Waals surface area contributed by atoms with Gasteiger partial charge < -0.3 is 14.6 Å². The number of alkyl halides is 3. The summed E-state index contributed by atoms with van der Waals surface area (Å²) in [6, 6.07) is 4.67. The molecule has 3 aromatic heterocycles. The summed E-state index contributed by atoms with van der Waals surface area (Å²) in [4.78, 5) is 8.41. The zero-order valence-corrected chi connectivity index (χ0v) is 18.9. The first-order valence-electron chi connectivity index (χ1n) is 9.90. The van der Waals surface area contributed by atoms with Crippen LogP contribution in [0.1, 0.15) is 23.1 Å². The average molecular weight is 481 g/mol. The van der Waals surface area contributed by atoms with E-state index in [1.807, 2.05) is 0 Å². The van der Waals surface area contributed by atoms with Crippen molar-refractivity contribution in [1.82, 2.24) is 24.7 Å². The molecular weight excluding hydrogens is 461 g/mol. The second kappa shape index (κ2) is 8.54. The van der Waals surface area contributed by atoms with Crippen LogP contribution < -0.4 is 10.1 Å². The zero-order valence-electron chi connectivity index (χ0n) is 18.2. The van der Waals surface area contributed by atoms with E-state index in [0.717, 1.165) is 0 Å². The van der Waals surface area contributed by atoms with E-state index in [2.05, 4.69) is 25.5 Å². The van der Waals surface area contributed by atoms with Crippen LogP contribution in [0, 0.1) is 20.8 Å². The zero-order chi connectivity index (χ0) is 23.9. The molecule has 0 amide bonds. The summed E-state index contributed by atoms with van der Waals surface area (Å²) in [5.74, 6) is 0.840. The van der Waals surface area contributed by atoms with E-state index >= 15 is 0 Å². The fourth-order valence-corrected chi connectivity index (χ4v) is 3.78. The van der Waals surface area contributed by atoms with Gasteiger partial charge in [0.1, 0.15) is 17.6 Å². The molecule has 0 fully saturated rings. The van der Waals surface area contributed by atoms with Gasteiger partial charge in [-0.25, -0.2) is 4.98 Å². The number of hydrogen-bond acceptors (Lipinski definition) is 7. The molecule has 12 heteroatoms.